The van der Waals surface area contributed by atoms with E-state index < -0.39 is 0 Å². The Bertz CT molecular complexity index is 847. The molecule has 1 amide bonds. The Morgan fingerprint density at radius 3 is 2.85 bits per heavy atom. The van der Waals surface area contributed by atoms with Crippen LogP contribution in [-0.2, 0) is 16.0 Å². The molecule has 4 rings (SSSR count). The first-order chi connectivity index (χ1) is 12.7. The number of nitrogens with zero attached hydrogens (tertiary/aromatic N) is 7. The van der Waals surface area contributed by atoms with Crippen LogP contribution in [0.4, 0.5) is 0 Å². The number of amides is 1. The minimum absolute atomic E-state index is 0.00348. The lowest BCUT2D eigenvalue weighted by Crippen LogP contribution is -2.33. The number of H-pyrrole nitrogens is 1. The molecular weight excluding hydrogens is 336 g/mol. The van der Waals surface area contributed by atoms with Gasteiger partial charge in [-0.05, 0) is 28.1 Å². The third-order valence-electron chi connectivity index (χ3n) is 4.57. The molecule has 2 atom stereocenters. The van der Waals surface area contributed by atoms with Gasteiger partial charge in [-0.25, -0.2) is 9.67 Å². The molecule has 0 aliphatic carbocycles. The van der Waals surface area contributed by atoms with Gasteiger partial charge in [0.15, 0.2) is 0 Å². The van der Waals surface area contributed by atoms with Crippen molar-refractivity contribution in [1.82, 2.24) is 40.3 Å². The molecule has 2 aromatic heterocycles. The van der Waals surface area contributed by atoms with E-state index in [1.54, 1.807) is 11.8 Å². The van der Waals surface area contributed by atoms with Gasteiger partial charge in [0.2, 0.25) is 5.91 Å². The van der Waals surface area contributed by atoms with Gasteiger partial charge in [-0.1, -0.05) is 12.1 Å². The predicted molar refractivity (Wildman–Crippen MR) is 89.1 cm³/mol. The van der Waals surface area contributed by atoms with Gasteiger partial charge in [0.05, 0.1) is 24.3 Å². The number of tetrazole rings is 1. The van der Waals surface area contributed by atoms with Crippen molar-refractivity contribution in [3.63, 3.8) is 0 Å². The van der Waals surface area contributed by atoms with Gasteiger partial charge in [-0.2, -0.15) is 5.10 Å². The Labute approximate surface area is 149 Å². The summed E-state index contributed by atoms with van der Waals surface area (Å²) >= 11 is 0. The quantitative estimate of drug-likeness (QED) is 0.701. The van der Waals surface area contributed by atoms with Crippen molar-refractivity contribution in [2.75, 3.05) is 13.7 Å². The third kappa shape index (κ3) is 3.18. The van der Waals surface area contributed by atoms with Crippen LogP contribution in [0.2, 0.25) is 0 Å². The second-order valence-electron chi connectivity index (χ2n) is 6.12. The first-order valence-corrected chi connectivity index (χ1v) is 8.24. The van der Waals surface area contributed by atoms with Gasteiger partial charge >= 0.3 is 0 Å². The zero-order chi connectivity index (χ0) is 17.9. The van der Waals surface area contributed by atoms with Crippen molar-refractivity contribution in [3.05, 3.63) is 48.3 Å². The Kier molecular flexibility index (Phi) is 4.40. The van der Waals surface area contributed by atoms with E-state index in [1.165, 1.54) is 12.7 Å². The molecule has 10 heteroatoms. The Morgan fingerprint density at radius 1 is 1.35 bits per heavy atom. The molecule has 0 radical (unpaired) electrons. The zero-order valence-corrected chi connectivity index (χ0v) is 14.2. The van der Waals surface area contributed by atoms with Crippen LogP contribution in [0, 0.1) is 0 Å². The van der Waals surface area contributed by atoms with Crippen LogP contribution < -0.4 is 0 Å². The lowest BCUT2D eigenvalue weighted by atomic mass is 10.1. The van der Waals surface area contributed by atoms with Crippen LogP contribution in [0.1, 0.15) is 23.9 Å². The number of hydrogen-bond donors (Lipinski definition) is 1. The largest absolute Gasteiger partial charge is 0.380 e. The van der Waals surface area contributed by atoms with E-state index in [1.807, 2.05) is 29.2 Å². The molecule has 10 nitrogen and oxygen atoms in total. The maximum atomic E-state index is 12.9. The van der Waals surface area contributed by atoms with Crippen molar-refractivity contribution >= 4 is 5.91 Å². The molecule has 1 aliphatic heterocycles. The number of rotatable bonds is 5. The summed E-state index contributed by atoms with van der Waals surface area (Å²) in [6, 6.07) is 7.43. The molecule has 0 saturated carbocycles. The smallest absolute Gasteiger partial charge is 0.227 e. The van der Waals surface area contributed by atoms with Crippen LogP contribution in [-0.4, -0.2) is 66.0 Å². The second-order valence-corrected chi connectivity index (χ2v) is 6.12. The van der Waals surface area contributed by atoms with Crippen molar-refractivity contribution < 1.29 is 9.53 Å². The van der Waals surface area contributed by atoms with E-state index in [4.69, 9.17) is 4.74 Å². The predicted octanol–water partition coefficient (Wildman–Crippen LogP) is 0.311. The zero-order valence-electron chi connectivity index (χ0n) is 14.2. The van der Waals surface area contributed by atoms with Crippen molar-refractivity contribution in [1.29, 1.82) is 0 Å². The fourth-order valence-electron chi connectivity index (χ4n) is 3.20. The van der Waals surface area contributed by atoms with Crippen LogP contribution in [0.25, 0.3) is 5.69 Å². The molecule has 134 valence electrons. The van der Waals surface area contributed by atoms with Gasteiger partial charge in [-0.3, -0.25) is 9.89 Å². The number of benzene rings is 1. The summed E-state index contributed by atoms with van der Waals surface area (Å²) in [5.74, 6) is 0.716. The highest BCUT2D eigenvalue weighted by atomic mass is 16.5. The maximum absolute atomic E-state index is 12.9. The van der Waals surface area contributed by atoms with Crippen molar-refractivity contribution in [2.45, 2.75) is 25.0 Å². The van der Waals surface area contributed by atoms with E-state index >= 15 is 0 Å². The molecule has 3 heterocycles. The lowest BCUT2D eigenvalue weighted by Gasteiger charge is -2.22. The SMILES string of the molecule is CO[C@@H]1C[C@@H](c2ncn[nH]2)N(C(=O)Cc2ccc(-n3cnnn3)cc2)C1. The fraction of sp³-hybridized carbons (Fsp3) is 0.375. The highest BCUT2D eigenvalue weighted by molar-refractivity contribution is 5.79. The van der Waals surface area contributed by atoms with Gasteiger partial charge in [0, 0.05) is 20.1 Å². The number of methoxy groups -OCH3 is 1. The van der Waals surface area contributed by atoms with E-state index in [2.05, 4.69) is 30.7 Å². The first kappa shape index (κ1) is 16.3. The summed E-state index contributed by atoms with van der Waals surface area (Å²) in [5.41, 5.74) is 1.76. The summed E-state index contributed by atoms with van der Waals surface area (Å²) in [4.78, 5) is 18.9. The summed E-state index contributed by atoms with van der Waals surface area (Å²) < 4.78 is 7.01. The van der Waals surface area contributed by atoms with E-state index in [0.717, 1.165) is 11.3 Å². The van der Waals surface area contributed by atoms with Gasteiger partial charge in [0.1, 0.15) is 18.5 Å². The number of hydrogen-bond acceptors (Lipinski definition) is 7. The number of ether oxygens (including phenoxy) is 1. The summed E-state index contributed by atoms with van der Waals surface area (Å²) in [5, 5.41) is 17.8. The topological polar surface area (TPSA) is 115 Å². The molecule has 1 aliphatic rings. The summed E-state index contributed by atoms with van der Waals surface area (Å²) in [7, 11) is 1.66. The van der Waals surface area contributed by atoms with Crippen molar-refractivity contribution in [2.24, 2.45) is 0 Å². The Morgan fingerprint density at radius 2 is 2.19 bits per heavy atom. The average Bonchev–Trinajstić information content (AvgIpc) is 3.42. The van der Waals surface area contributed by atoms with E-state index in [-0.39, 0.29) is 18.1 Å². The highest BCUT2D eigenvalue weighted by Gasteiger charge is 2.37. The minimum Gasteiger partial charge on any atom is -0.380 e. The number of carbonyl (C=O) groups is 1. The van der Waals surface area contributed by atoms with Crippen molar-refractivity contribution in [3.8, 4) is 5.69 Å². The molecule has 1 N–H and O–H groups in total. The standard InChI is InChI=1S/C16H18N8O2/c1-26-13-7-14(16-17-9-18-20-16)23(8-13)15(25)6-11-2-4-12(5-3-11)24-10-19-21-22-24/h2-5,9-10,13-14H,6-8H2,1H3,(H,17,18,20)/t13-,14+/m1/s1. The highest BCUT2D eigenvalue weighted by Crippen LogP contribution is 2.31. The van der Waals surface area contributed by atoms with Crippen LogP contribution >= 0.6 is 0 Å². The summed E-state index contributed by atoms with van der Waals surface area (Å²) in [6.07, 6.45) is 3.98. The fourth-order valence-corrected chi connectivity index (χ4v) is 3.20. The molecule has 0 bridgehead atoms. The molecule has 1 fully saturated rings. The van der Waals surface area contributed by atoms with Crippen LogP contribution in [0.15, 0.2) is 36.9 Å². The normalized spacial score (nSPS) is 19.8. The number of likely N-dealkylation sites (tertiary alicyclic amines) is 1. The number of aromatic nitrogens is 7. The lowest BCUT2D eigenvalue weighted by molar-refractivity contribution is -0.131. The monoisotopic (exact) mass is 354 g/mol. The molecule has 1 saturated heterocycles. The summed E-state index contributed by atoms with van der Waals surface area (Å²) in [6.45, 7) is 0.545. The average molecular weight is 354 g/mol. The second kappa shape index (κ2) is 7.00. The molecule has 3 aromatic rings. The Balaban J connectivity index is 1.48. The minimum atomic E-state index is -0.143. The van der Waals surface area contributed by atoms with Crippen LogP contribution in [0.3, 0.4) is 0 Å². The number of carbonyl (C=O) groups excluding carboxylic acids is 1. The van der Waals surface area contributed by atoms with Gasteiger partial charge in [-0.15, -0.1) is 5.10 Å². The number of aromatic amines is 1. The molecule has 0 spiro atoms. The maximum Gasteiger partial charge on any atom is 0.227 e. The third-order valence-corrected chi connectivity index (χ3v) is 4.57. The molecule has 26 heavy (non-hydrogen) atoms. The Hall–Kier alpha value is -3.14. The van der Waals surface area contributed by atoms with Gasteiger partial charge in [0.25, 0.3) is 0 Å². The molecule has 0 unspecified atom stereocenters. The number of nitrogens with one attached hydrogen (secondary N) is 1. The van der Waals surface area contributed by atoms with Crippen LogP contribution in [0.5, 0.6) is 0 Å². The molecular formula is C16H18N8O2. The van der Waals surface area contributed by atoms with E-state index in [0.29, 0.717) is 25.2 Å². The first-order valence-electron chi connectivity index (χ1n) is 8.24. The molecule has 1 aromatic carbocycles. The van der Waals surface area contributed by atoms with E-state index in [9.17, 15) is 4.79 Å². The van der Waals surface area contributed by atoms with Gasteiger partial charge < -0.3 is 9.64 Å².